The summed E-state index contributed by atoms with van der Waals surface area (Å²) >= 11 is 0. The molecule has 0 saturated carbocycles. The van der Waals surface area contributed by atoms with Crippen LogP contribution >= 0.6 is 0 Å². The van der Waals surface area contributed by atoms with Gasteiger partial charge in [0.2, 0.25) is 11.7 Å². The van der Waals surface area contributed by atoms with Gasteiger partial charge in [-0.1, -0.05) is 12.1 Å². The summed E-state index contributed by atoms with van der Waals surface area (Å²) in [6, 6.07) is 4.98. The lowest BCUT2D eigenvalue weighted by Gasteiger charge is -2.00. The Balaban J connectivity index is 2.28. The predicted molar refractivity (Wildman–Crippen MR) is 59.9 cm³/mol. The average Bonchev–Trinajstić information content (AvgIpc) is 2.67. The Labute approximate surface area is 97.1 Å². The number of esters is 1. The van der Waals surface area contributed by atoms with Crippen molar-refractivity contribution in [3.63, 3.8) is 0 Å². The maximum absolute atomic E-state index is 13.2. The predicted octanol–water partition coefficient (Wildman–Crippen LogP) is 1.66. The number of fused-ring (bicyclic) bond motifs is 1. The molecule has 0 saturated heterocycles. The number of carbonyl (C=O) groups excluding carboxylic acids is 2. The van der Waals surface area contributed by atoms with Crippen LogP contribution in [0.1, 0.15) is 11.1 Å². The van der Waals surface area contributed by atoms with E-state index in [0.29, 0.717) is 17.7 Å². The number of ether oxygens (including phenoxy) is 1. The molecule has 0 radical (unpaired) electrons. The van der Waals surface area contributed by atoms with E-state index in [9.17, 15) is 14.0 Å². The molecule has 1 aliphatic heterocycles. The van der Waals surface area contributed by atoms with Gasteiger partial charge in [0, 0.05) is 5.69 Å². The molecular formula is C12H10FNO3. The van der Waals surface area contributed by atoms with Gasteiger partial charge in [-0.05, 0) is 23.3 Å². The highest BCUT2D eigenvalue weighted by atomic mass is 19.1. The Morgan fingerprint density at radius 2 is 2.29 bits per heavy atom. The van der Waals surface area contributed by atoms with Crippen LogP contribution in [0.5, 0.6) is 0 Å². The van der Waals surface area contributed by atoms with Crippen LogP contribution in [0, 0.1) is 0 Å². The van der Waals surface area contributed by atoms with Crippen LogP contribution in [0.3, 0.4) is 0 Å². The van der Waals surface area contributed by atoms with Gasteiger partial charge >= 0.3 is 5.97 Å². The largest absolute Gasteiger partial charge is 0.464 e. The molecule has 0 atom stereocenters. The third kappa shape index (κ3) is 2.33. The van der Waals surface area contributed by atoms with Crippen molar-refractivity contribution >= 4 is 23.6 Å². The highest BCUT2D eigenvalue weighted by Crippen LogP contribution is 2.25. The molecule has 1 aromatic rings. The number of benzene rings is 1. The van der Waals surface area contributed by atoms with Crippen molar-refractivity contribution in [3.8, 4) is 0 Å². The number of hydrogen-bond donors (Lipinski definition) is 1. The first-order chi connectivity index (χ1) is 8.10. The Kier molecular flexibility index (Phi) is 2.91. The fraction of sp³-hybridized carbons (Fsp3) is 0.167. The van der Waals surface area contributed by atoms with Crippen LogP contribution in [0.25, 0.3) is 6.08 Å². The van der Waals surface area contributed by atoms with Crippen LogP contribution in [0.4, 0.5) is 10.1 Å². The van der Waals surface area contributed by atoms with E-state index < -0.39 is 11.8 Å². The number of halogens is 1. The number of methoxy groups -OCH3 is 1. The molecule has 0 unspecified atom stereocenters. The fourth-order valence-electron chi connectivity index (χ4n) is 1.62. The van der Waals surface area contributed by atoms with Crippen molar-refractivity contribution in [2.45, 2.75) is 6.42 Å². The highest BCUT2D eigenvalue weighted by molar-refractivity contribution is 5.99. The SMILES string of the molecule is COC(=O)C(F)=Cc1ccc2c(c1)NC(=O)C2. The zero-order valence-electron chi connectivity index (χ0n) is 9.12. The lowest BCUT2D eigenvalue weighted by Crippen LogP contribution is -2.03. The minimum atomic E-state index is -1.02. The number of carbonyl (C=O) groups is 2. The van der Waals surface area contributed by atoms with Crippen LogP contribution in [0.2, 0.25) is 0 Å². The van der Waals surface area contributed by atoms with Gasteiger partial charge in [-0.2, -0.15) is 4.39 Å². The number of nitrogens with one attached hydrogen (secondary N) is 1. The Morgan fingerprint density at radius 3 is 3.00 bits per heavy atom. The molecule has 5 heteroatoms. The first kappa shape index (κ1) is 11.3. The van der Waals surface area contributed by atoms with Gasteiger partial charge in [0.05, 0.1) is 13.5 Å². The molecule has 4 nitrogen and oxygen atoms in total. The van der Waals surface area contributed by atoms with Gasteiger partial charge in [0.25, 0.3) is 0 Å². The fourth-order valence-corrected chi connectivity index (χ4v) is 1.62. The molecule has 0 bridgehead atoms. The molecule has 0 fully saturated rings. The van der Waals surface area contributed by atoms with Gasteiger partial charge in [-0.3, -0.25) is 4.79 Å². The molecular weight excluding hydrogens is 225 g/mol. The number of rotatable bonds is 2. The van der Waals surface area contributed by atoms with Gasteiger partial charge in [0.1, 0.15) is 0 Å². The van der Waals surface area contributed by atoms with E-state index >= 15 is 0 Å². The number of anilines is 1. The monoisotopic (exact) mass is 235 g/mol. The van der Waals surface area contributed by atoms with Crippen molar-refractivity contribution in [3.05, 3.63) is 35.2 Å². The van der Waals surface area contributed by atoms with E-state index in [1.165, 1.54) is 0 Å². The quantitative estimate of drug-likeness (QED) is 0.626. The number of hydrogen-bond acceptors (Lipinski definition) is 3. The maximum atomic E-state index is 13.2. The lowest BCUT2D eigenvalue weighted by molar-refractivity contribution is -0.137. The van der Waals surface area contributed by atoms with Crippen LogP contribution in [-0.2, 0) is 20.7 Å². The lowest BCUT2D eigenvalue weighted by atomic mass is 10.1. The van der Waals surface area contributed by atoms with Crippen molar-refractivity contribution in [2.75, 3.05) is 12.4 Å². The second kappa shape index (κ2) is 4.37. The van der Waals surface area contributed by atoms with Crippen molar-refractivity contribution < 1.29 is 18.7 Å². The van der Waals surface area contributed by atoms with Crippen LogP contribution in [-0.4, -0.2) is 19.0 Å². The van der Waals surface area contributed by atoms with Crippen LogP contribution in [0.15, 0.2) is 24.0 Å². The average molecular weight is 235 g/mol. The second-order valence-corrected chi connectivity index (χ2v) is 3.63. The summed E-state index contributed by atoms with van der Waals surface area (Å²) in [6.45, 7) is 0. The van der Waals surface area contributed by atoms with E-state index in [4.69, 9.17) is 0 Å². The summed E-state index contributed by atoms with van der Waals surface area (Å²) in [5, 5.41) is 2.65. The van der Waals surface area contributed by atoms with Gasteiger partial charge in [-0.25, -0.2) is 4.79 Å². The van der Waals surface area contributed by atoms with Gasteiger partial charge < -0.3 is 10.1 Å². The minimum absolute atomic E-state index is 0.0884. The van der Waals surface area contributed by atoms with Crippen molar-refractivity contribution in [2.24, 2.45) is 0 Å². The molecule has 1 N–H and O–H groups in total. The molecule has 0 aromatic heterocycles. The molecule has 1 amide bonds. The summed E-state index contributed by atoms with van der Waals surface area (Å²) in [7, 11) is 1.11. The summed E-state index contributed by atoms with van der Waals surface area (Å²) in [5.74, 6) is -2.08. The molecule has 1 aliphatic rings. The summed E-state index contributed by atoms with van der Waals surface area (Å²) in [6.07, 6.45) is 1.40. The van der Waals surface area contributed by atoms with Crippen molar-refractivity contribution in [1.82, 2.24) is 0 Å². The maximum Gasteiger partial charge on any atom is 0.366 e. The van der Waals surface area contributed by atoms with Gasteiger partial charge in [0.15, 0.2) is 0 Å². The zero-order valence-corrected chi connectivity index (χ0v) is 9.12. The van der Waals surface area contributed by atoms with E-state index in [2.05, 4.69) is 10.1 Å². The standard InChI is InChI=1S/C12H10FNO3/c1-17-12(16)9(13)4-7-2-3-8-6-11(15)14-10(8)5-7/h2-5H,6H2,1H3,(H,14,15). The first-order valence-electron chi connectivity index (χ1n) is 4.98. The molecule has 0 spiro atoms. The Morgan fingerprint density at radius 1 is 1.53 bits per heavy atom. The normalized spacial score (nSPS) is 14.2. The zero-order chi connectivity index (χ0) is 12.4. The highest BCUT2D eigenvalue weighted by Gasteiger charge is 2.17. The van der Waals surface area contributed by atoms with E-state index in [1.54, 1.807) is 18.2 Å². The minimum Gasteiger partial charge on any atom is -0.464 e. The van der Waals surface area contributed by atoms with Crippen LogP contribution < -0.4 is 5.32 Å². The van der Waals surface area contributed by atoms with Crippen molar-refractivity contribution in [1.29, 1.82) is 0 Å². The van der Waals surface area contributed by atoms with Gasteiger partial charge in [-0.15, -0.1) is 0 Å². The molecule has 1 aromatic carbocycles. The molecule has 1 heterocycles. The molecule has 88 valence electrons. The summed E-state index contributed by atoms with van der Waals surface area (Å²) in [4.78, 5) is 22.0. The number of amides is 1. The molecule has 0 aliphatic carbocycles. The Bertz CT molecular complexity index is 522. The summed E-state index contributed by atoms with van der Waals surface area (Å²) < 4.78 is 17.5. The van der Waals surface area contributed by atoms with E-state index in [0.717, 1.165) is 18.7 Å². The topological polar surface area (TPSA) is 55.4 Å². The molecule has 2 rings (SSSR count). The Hall–Kier alpha value is -2.17. The first-order valence-corrected chi connectivity index (χ1v) is 4.98. The van der Waals surface area contributed by atoms with E-state index in [1.807, 2.05) is 0 Å². The third-order valence-electron chi connectivity index (χ3n) is 2.43. The molecule has 17 heavy (non-hydrogen) atoms. The smallest absolute Gasteiger partial charge is 0.366 e. The van der Waals surface area contributed by atoms with E-state index in [-0.39, 0.29) is 5.91 Å². The second-order valence-electron chi connectivity index (χ2n) is 3.63. The third-order valence-corrected chi connectivity index (χ3v) is 2.43. The summed E-state index contributed by atoms with van der Waals surface area (Å²) in [5.41, 5.74) is 2.01.